The quantitative estimate of drug-likeness (QED) is 0.939. The van der Waals surface area contributed by atoms with Crippen molar-refractivity contribution in [2.45, 2.75) is 26.9 Å². The summed E-state index contributed by atoms with van der Waals surface area (Å²) in [6.45, 7) is 5.93. The Morgan fingerprint density at radius 2 is 1.96 bits per heavy atom. The number of amides is 1. The molecule has 0 saturated carbocycles. The van der Waals surface area contributed by atoms with Crippen LogP contribution < -0.4 is 19.5 Å². The highest BCUT2D eigenvalue weighted by Gasteiger charge is 2.18. The number of nitrogens with one attached hydrogen (secondary N) is 1. The zero-order valence-corrected chi connectivity index (χ0v) is 13.4. The second-order valence-electron chi connectivity index (χ2n) is 5.52. The number of benzene rings is 2. The molecule has 0 spiro atoms. The largest absolute Gasteiger partial charge is 0.481 e. The lowest BCUT2D eigenvalue weighted by molar-refractivity contribution is -0.122. The summed E-state index contributed by atoms with van der Waals surface area (Å²) < 4.78 is 16.3. The van der Waals surface area contributed by atoms with Crippen molar-refractivity contribution >= 4 is 11.6 Å². The normalized spacial score (nSPS) is 13.5. The van der Waals surface area contributed by atoms with Crippen molar-refractivity contribution < 1.29 is 19.0 Å². The summed E-state index contributed by atoms with van der Waals surface area (Å²) >= 11 is 0. The zero-order valence-electron chi connectivity index (χ0n) is 13.4. The summed E-state index contributed by atoms with van der Waals surface area (Å²) in [5.41, 5.74) is 2.82. The minimum absolute atomic E-state index is 0.207. The fourth-order valence-corrected chi connectivity index (χ4v) is 2.31. The van der Waals surface area contributed by atoms with Crippen LogP contribution in [0.25, 0.3) is 0 Å². The summed E-state index contributed by atoms with van der Waals surface area (Å²) in [7, 11) is 0. The number of hydrogen-bond acceptors (Lipinski definition) is 4. The van der Waals surface area contributed by atoms with Crippen molar-refractivity contribution in [2.75, 3.05) is 12.1 Å². The molecule has 1 N–H and O–H groups in total. The Balaban J connectivity index is 1.67. The van der Waals surface area contributed by atoms with Gasteiger partial charge in [-0.1, -0.05) is 12.1 Å². The van der Waals surface area contributed by atoms with Gasteiger partial charge >= 0.3 is 0 Å². The van der Waals surface area contributed by atoms with E-state index in [9.17, 15) is 4.79 Å². The molecule has 1 amide bonds. The van der Waals surface area contributed by atoms with E-state index in [1.165, 1.54) is 0 Å². The van der Waals surface area contributed by atoms with Crippen LogP contribution in [0.1, 0.15) is 18.1 Å². The molecule has 5 heteroatoms. The van der Waals surface area contributed by atoms with Gasteiger partial charge in [-0.3, -0.25) is 4.79 Å². The summed E-state index contributed by atoms with van der Waals surface area (Å²) in [6, 6.07) is 11.1. The lowest BCUT2D eigenvalue weighted by Gasteiger charge is -2.17. The lowest BCUT2D eigenvalue weighted by atomic mass is 10.1. The average molecular weight is 313 g/mol. The van der Waals surface area contributed by atoms with E-state index in [4.69, 9.17) is 14.2 Å². The molecule has 23 heavy (non-hydrogen) atoms. The number of aryl methyl sites for hydroxylation is 1. The molecule has 2 aromatic carbocycles. The first-order valence-electron chi connectivity index (χ1n) is 7.48. The molecule has 5 nitrogen and oxygen atoms in total. The van der Waals surface area contributed by atoms with Gasteiger partial charge in [0.15, 0.2) is 17.6 Å². The Kier molecular flexibility index (Phi) is 4.10. The highest BCUT2D eigenvalue weighted by Crippen LogP contribution is 2.34. The highest BCUT2D eigenvalue weighted by molar-refractivity contribution is 5.94. The molecule has 0 radical (unpaired) electrons. The third kappa shape index (κ3) is 3.23. The summed E-state index contributed by atoms with van der Waals surface area (Å²) in [4.78, 5) is 12.3. The van der Waals surface area contributed by atoms with Crippen LogP contribution in [-0.2, 0) is 4.79 Å². The molecule has 1 aliphatic heterocycles. The van der Waals surface area contributed by atoms with Gasteiger partial charge in [0.25, 0.3) is 5.91 Å². The van der Waals surface area contributed by atoms with E-state index in [0.717, 1.165) is 16.9 Å². The van der Waals surface area contributed by atoms with Crippen molar-refractivity contribution in [3.05, 3.63) is 47.5 Å². The number of carbonyl (C=O) groups excluding carboxylic acids is 1. The van der Waals surface area contributed by atoms with Gasteiger partial charge in [-0.2, -0.15) is 0 Å². The second kappa shape index (κ2) is 6.20. The molecule has 120 valence electrons. The van der Waals surface area contributed by atoms with Crippen molar-refractivity contribution in [3.8, 4) is 17.2 Å². The van der Waals surface area contributed by atoms with Crippen molar-refractivity contribution in [1.29, 1.82) is 0 Å². The first-order valence-corrected chi connectivity index (χ1v) is 7.48. The van der Waals surface area contributed by atoms with E-state index in [0.29, 0.717) is 17.2 Å². The molecular formula is C18H19NO4. The Labute approximate surface area is 135 Å². The Morgan fingerprint density at radius 1 is 1.17 bits per heavy atom. The van der Waals surface area contributed by atoms with E-state index >= 15 is 0 Å². The molecule has 0 aromatic heterocycles. The molecule has 1 aliphatic rings. The zero-order chi connectivity index (χ0) is 16.4. The topological polar surface area (TPSA) is 56.8 Å². The fraction of sp³-hybridized carbons (Fsp3) is 0.278. The molecule has 0 fully saturated rings. The molecule has 0 saturated heterocycles. The van der Waals surface area contributed by atoms with Crippen LogP contribution in [0.4, 0.5) is 5.69 Å². The minimum atomic E-state index is -0.610. The number of fused-ring (bicyclic) bond motifs is 1. The molecule has 0 aliphatic carbocycles. The van der Waals surface area contributed by atoms with Crippen LogP contribution in [0.15, 0.2) is 36.4 Å². The molecule has 1 atom stereocenters. The van der Waals surface area contributed by atoms with E-state index in [1.54, 1.807) is 25.1 Å². The van der Waals surface area contributed by atoms with Gasteiger partial charge in [-0.15, -0.1) is 0 Å². The molecule has 0 bridgehead atoms. The molecule has 3 rings (SSSR count). The van der Waals surface area contributed by atoms with Gasteiger partial charge in [-0.05, 0) is 50.1 Å². The second-order valence-corrected chi connectivity index (χ2v) is 5.52. The minimum Gasteiger partial charge on any atom is -0.481 e. The Bertz CT molecular complexity index is 742. The number of hydrogen-bond donors (Lipinski definition) is 1. The summed E-state index contributed by atoms with van der Waals surface area (Å²) in [5, 5.41) is 2.83. The van der Waals surface area contributed by atoms with E-state index in [-0.39, 0.29) is 12.7 Å². The first kappa shape index (κ1) is 15.2. The highest BCUT2D eigenvalue weighted by atomic mass is 16.7. The molecule has 0 unspecified atom stereocenters. The van der Waals surface area contributed by atoms with Crippen LogP contribution >= 0.6 is 0 Å². The smallest absolute Gasteiger partial charge is 0.265 e. The first-order chi connectivity index (χ1) is 11.0. The van der Waals surface area contributed by atoms with Crippen LogP contribution in [0.5, 0.6) is 17.2 Å². The number of anilines is 1. The van der Waals surface area contributed by atoms with Crippen LogP contribution in [-0.4, -0.2) is 18.8 Å². The predicted molar refractivity (Wildman–Crippen MR) is 87.2 cm³/mol. The van der Waals surface area contributed by atoms with Gasteiger partial charge in [0.05, 0.1) is 0 Å². The van der Waals surface area contributed by atoms with Crippen molar-refractivity contribution in [2.24, 2.45) is 0 Å². The number of ether oxygens (including phenoxy) is 3. The summed E-state index contributed by atoms with van der Waals surface area (Å²) in [6.07, 6.45) is -0.610. The standard InChI is InChI=1S/C18H19NO4/c1-11-5-4-6-15(12(11)2)23-13(3)18(20)19-14-7-8-16-17(9-14)22-10-21-16/h4-9,13H,10H2,1-3H3,(H,19,20)/t13-/m1/s1. The Hall–Kier alpha value is -2.69. The molecular weight excluding hydrogens is 294 g/mol. The van der Waals surface area contributed by atoms with Crippen LogP contribution in [0, 0.1) is 13.8 Å². The van der Waals surface area contributed by atoms with E-state index in [1.807, 2.05) is 32.0 Å². The third-order valence-corrected chi connectivity index (χ3v) is 3.87. The molecule has 1 heterocycles. The van der Waals surface area contributed by atoms with Gasteiger partial charge in [0, 0.05) is 11.8 Å². The van der Waals surface area contributed by atoms with E-state index < -0.39 is 6.10 Å². The maximum absolute atomic E-state index is 12.3. The maximum Gasteiger partial charge on any atom is 0.265 e. The number of rotatable bonds is 4. The van der Waals surface area contributed by atoms with E-state index in [2.05, 4.69) is 5.32 Å². The predicted octanol–water partition coefficient (Wildman–Crippen LogP) is 3.44. The van der Waals surface area contributed by atoms with Crippen LogP contribution in [0.2, 0.25) is 0 Å². The van der Waals surface area contributed by atoms with Crippen molar-refractivity contribution in [3.63, 3.8) is 0 Å². The third-order valence-electron chi connectivity index (χ3n) is 3.87. The van der Waals surface area contributed by atoms with Crippen molar-refractivity contribution in [1.82, 2.24) is 0 Å². The monoisotopic (exact) mass is 313 g/mol. The maximum atomic E-state index is 12.3. The van der Waals surface area contributed by atoms with Crippen LogP contribution in [0.3, 0.4) is 0 Å². The van der Waals surface area contributed by atoms with Gasteiger partial charge in [0.1, 0.15) is 5.75 Å². The Morgan fingerprint density at radius 3 is 2.78 bits per heavy atom. The lowest BCUT2D eigenvalue weighted by Crippen LogP contribution is -2.30. The average Bonchev–Trinajstić information content (AvgIpc) is 2.99. The van der Waals surface area contributed by atoms with Gasteiger partial charge in [0.2, 0.25) is 6.79 Å². The fourth-order valence-electron chi connectivity index (χ4n) is 2.31. The van der Waals surface area contributed by atoms with Gasteiger partial charge in [-0.25, -0.2) is 0 Å². The summed E-state index contributed by atoms with van der Waals surface area (Å²) in [5.74, 6) is 1.82. The van der Waals surface area contributed by atoms with Gasteiger partial charge < -0.3 is 19.5 Å². The SMILES string of the molecule is Cc1cccc(O[C@H](C)C(=O)Nc2ccc3c(c2)OCO3)c1C. The molecule has 2 aromatic rings. The number of carbonyl (C=O) groups is 1.